The second-order valence-electron chi connectivity index (χ2n) is 15.6. The van der Waals surface area contributed by atoms with E-state index in [1.807, 2.05) is 30.3 Å². The van der Waals surface area contributed by atoms with Crippen molar-refractivity contribution in [3.05, 3.63) is 35.9 Å². The molecular weight excluding hydrogens is 504 g/mol. The number of hydrogen-bond acceptors (Lipinski definition) is 3. The molecule has 4 aliphatic carbocycles. The Kier molecular flexibility index (Phi) is 9.91. The van der Waals surface area contributed by atoms with Gasteiger partial charge in [0.2, 0.25) is 5.91 Å². The van der Waals surface area contributed by atoms with Crippen molar-refractivity contribution in [1.29, 1.82) is 0 Å². The highest BCUT2D eigenvalue weighted by atomic mass is 16.5. The molecule has 0 radical (unpaired) electrons. The molecule has 5 rings (SSSR count). The molecule has 4 aliphatic rings. The van der Waals surface area contributed by atoms with E-state index in [9.17, 15) is 4.79 Å². The average Bonchev–Trinajstić information content (AvgIpc) is 3.31. The molecule has 3 N–H and O–H groups in total. The molecule has 1 amide bonds. The Morgan fingerprint density at radius 2 is 1.76 bits per heavy atom. The standard InChI is InChI=1S/C37H60N2O2/c1-25(2)11-9-12-26(3)30-19-20-31-29-18-17-28-15-10-16-34(37(28,5)32(29)21-22-36(30,31)4)39-35(40)33(38)24-41-23-27-13-7-6-8-14-27/h6-8,13-14,25-26,28-34H,9-12,15-24,38H2,1-5H3,(H,39,40)/t26-,28?,29+,30-,31+,32+,33-,34?,36-,37+/m1/s1. The first-order valence-electron chi connectivity index (χ1n) is 17.3. The van der Waals surface area contributed by atoms with Gasteiger partial charge in [-0.3, -0.25) is 4.79 Å². The van der Waals surface area contributed by atoms with E-state index in [0.29, 0.717) is 12.0 Å². The zero-order chi connectivity index (χ0) is 29.2. The van der Waals surface area contributed by atoms with Crippen molar-refractivity contribution >= 4 is 5.91 Å². The smallest absolute Gasteiger partial charge is 0.239 e. The minimum atomic E-state index is -0.621. The summed E-state index contributed by atoms with van der Waals surface area (Å²) in [6.07, 6.45) is 16.2. The van der Waals surface area contributed by atoms with E-state index < -0.39 is 6.04 Å². The number of carbonyl (C=O) groups is 1. The molecule has 230 valence electrons. The first kappa shape index (κ1) is 31.0. The van der Waals surface area contributed by atoms with E-state index in [4.69, 9.17) is 10.5 Å². The van der Waals surface area contributed by atoms with Crippen LogP contribution in [-0.4, -0.2) is 24.6 Å². The second-order valence-corrected chi connectivity index (χ2v) is 15.6. The number of rotatable bonds is 11. The molecule has 4 nitrogen and oxygen atoms in total. The van der Waals surface area contributed by atoms with Gasteiger partial charge in [0, 0.05) is 6.04 Å². The van der Waals surface area contributed by atoms with Crippen molar-refractivity contribution in [3.63, 3.8) is 0 Å². The van der Waals surface area contributed by atoms with Gasteiger partial charge in [0.25, 0.3) is 0 Å². The molecule has 0 aliphatic heterocycles. The number of fused-ring (bicyclic) bond motifs is 5. The summed E-state index contributed by atoms with van der Waals surface area (Å²) in [7, 11) is 0. The predicted octanol–water partition coefficient (Wildman–Crippen LogP) is 8.14. The van der Waals surface area contributed by atoms with Gasteiger partial charge in [0.1, 0.15) is 6.04 Å². The van der Waals surface area contributed by atoms with Gasteiger partial charge in [-0.05, 0) is 109 Å². The lowest BCUT2D eigenvalue weighted by molar-refractivity contribution is -0.140. The Morgan fingerprint density at radius 1 is 0.976 bits per heavy atom. The Bertz CT molecular complexity index is 996. The Labute approximate surface area is 251 Å². The first-order chi connectivity index (χ1) is 19.6. The van der Waals surface area contributed by atoms with Gasteiger partial charge in [-0.2, -0.15) is 0 Å². The third-order valence-corrected chi connectivity index (χ3v) is 13.0. The molecule has 0 spiro atoms. The van der Waals surface area contributed by atoms with E-state index in [1.165, 1.54) is 70.6 Å². The fraction of sp³-hybridized carbons (Fsp3) is 0.811. The Morgan fingerprint density at radius 3 is 2.51 bits per heavy atom. The highest BCUT2D eigenvalue weighted by Crippen LogP contribution is 2.68. The van der Waals surface area contributed by atoms with E-state index in [2.05, 4.69) is 39.9 Å². The zero-order valence-corrected chi connectivity index (χ0v) is 26.9. The second kappa shape index (κ2) is 13.1. The Balaban J connectivity index is 1.23. The van der Waals surface area contributed by atoms with Gasteiger partial charge in [0.05, 0.1) is 13.2 Å². The third kappa shape index (κ3) is 6.30. The predicted molar refractivity (Wildman–Crippen MR) is 169 cm³/mol. The van der Waals surface area contributed by atoms with Crippen LogP contribution in [0.15, 0.2) is 30.3 Å². The maximum Gasteiger partial charge on any atom is 0.239 e. The van der Waals surface area contributed by atoms with Crippen LogP contribution in [0.1, 0.15) is 117 Å². The number of amides is 1. The van der Waals surface area contributed by atoms with Crippen molar-refractivity contribution in [3.8, 4) is 0 Å². The van der Waals surface area contributed by atoms with Gasteiger partial charge < -0.3 is 15.8 Å². The quantitative estimate of drug-likeness (QED) is 0.285. The van der Waals surface area contributed by atoms with E-state index >= 15 is 0 Å². The molecule has 41 heavy (non-hydrogen) atoms. The number of carbonyl (C=O) groups excluding carboxylic acids is 1. The van der Waals surface area contributed by atoms with Crippen molar-refractivity contribution in [1.82, 2.24) is 5.32 Å². The number of nitrogens with one attached hydrogen (secondary N) is 1. The van der Waals surface area contributed by atoms with Crippen molar-refractivity contribution < 1.29 is 9.53 Å². The molecule has 0 saturated heterocycles. The lowest BCUT2D eigenvalue weighted by Crippen LogP contribution is -2.63. The van der Waals surface area contributed by atoms with Crippen molar-refractivity contribution in [2.75, 3.05) is 6.61 Å². The lowest BCUT2D eigenvalue weighted by Gasteiger charge is -2.63. The van der Waals surface area contributed by atoms with Gasteiger partial charge in [-0.1, -0.05) is 90.6 Å². The van der Waals surface area contributed by atoms with E-state index in [-0.39, 0.29) is 24.0 Å². The molecule has 10 atom stereocenters. The monoisotopic (exact) mass is 564 g/mol. The fourth-order valence-electron chi connectivity index (χ4n) is 10.8. The largest absolute Gasteiger partial charge is 0.375 e. The van der Waals surface area contributed by atoms with Crippen LogP contribution in [0.5, 0.6) is 0 Å². The van der Waals surface area contributed by atoms with Gasteiger partial charge in [-0.25, -0.2) is 0 Å². The van der Waals surface area contributed by atoms with E-state index in [0.717, 1.165) is 53.4 Å². The van der Waals surface area contributed by atoms with Crippen LogP contribution in [0.4, 0.5) is 0 Å². The summed E-state index contributed by atoms with van der Waals surface area (Å²) < 4.78 is 5.85. The topological polar surface area (TPSA) is 64.4 Å². The number of ether oxygens (including phenoxy) is 1. The normalized spacial score (nSPS) is 38.0. The maximum atomic E-state index is 13.4. The van der Waals surface area contributed by atoms with Crippen LogP contribution in [0.3, 0.4) is 0 Å². The van der Waals surface area contributed by atoms with Crippen LogP contribution in [-0.2, 0) is 16.1 Å². The summed E-state index contributed by atoms with van der Waals surface area (Å²) in [6.45, 7) is 13.3. The first-order valence-corrected chi connectivity index (χ1v) is 17.3. The van der Waals surface area contributed by atoms with Gasteiger partial charge in [-0.15, -0.1) is 0 Å². The summed E-state index contributed by atoms with van der Waals surface area (Å²) in [5.74, 6) is 5.67. The van der Waals surface area contributed by atoms with Gasteiger partial charge >= 0.3 is 0 Å². The van der Waals surface area contributed by atoms with E-state index in [1.54, 1.807) is 0 Å². The Hall–Kier alpha value is -1.39. The molecule has 1 aromatic rings. The summed E-state index contributed by atoms with van der Waals surface area (Å²) in [5.41, 5.74) is 8.19. The number of hydrogen-bond donors (Lipinski definition) is 2. The van der Waals surface area contributed by atoms with Gasteiger partial charge in [0.15, 0.2) is 0 Å². The van der Waals surface area contributed by atoms with Crippen LogP contribution >= 0.6 is 0 Å². The highest BCUT2D eigenvalue weighted by molar-refractivity contribution is 5.82. The van der Waals surface area contributed by atoms with Crippen LogP contribution in [0.2, 0.25) is 0 Å². The zero-order valence-electron chi connectivity index (χ0n) is 26.9. The molecule has 4 saturated carbocycles. The molecule has 0 aromatic heterocycles. The van der Waals surface area contributed by atoms with Crippen molar-refractivity contribution in [2.45, 2.75) is 130 Å². The molecule has 4 heteroatoms. The summed E-state index contributed by atoms with van der Waals surface area (Å²) in [6, 6.07) is 9.73. The molecule has 2 unspecified atom stereocenters. The fourth-order valence-corrected chi connectivity index (χ4v) is 10.8. The SMILES string of the molecule is CC(C)CCC[C@@H](C)[C@H]1CC[C@H]2[C@@H]3CCC4CCCC(NC(=O)[C@H](N)COCc5ccccc5)[C@]4(C)[C@H]3CC[C@]12C. The highest BCUT2D eigenvalue weighted by Gasteiger charge is 2.62. The molecular formula is C37H60N2O2. The average molecular weight is 565 g/mol. The molecule has 0 heterocycles. The summed E-state index contributed by atoms with van der Waals surface area (Å²) in [4.78, 5) is 13.4. The number of nitrogens with two attached hydrogens (primary N) is 1. The third-order valence-electron chi connectivity index (χ3n) is 13.0. The van der Waals surface area contributed by atoms with Crippen LogP contribution in [0.25, 0.3) is 0 Å². The minimum Gasteiger partial charge on any atom is -0.375 e. The molecule has 4 fully saturated rings. The van der Waals surface area contributed by atoms with Crippen molar-refractivity contribution in [2.24, 2.45) is 58.0 Å². The van der Waals surface area contributed by atoms with Crippen LogP contribution in [0, 0.1) is 52.3 Å². The minimum absolute atomic E-state index is 0.0242. The summed E-state index contributed by atoms with van der Waals surface area (Å²) in [5, 5.41) is 3.52. The van der Waals surface area contributed by atoms with Crippen LogP contribution < -0.4 is 11.1 Å². The number of benzene rings is 1. The molecule has 0 bridgehead atoms. The molecule has 1 aromatic carbocycles. The summed E-state index contributed by atoms with van der Waals surface area (Å²) >= 11 is 0. The lowest BCUT2D eigenvalue weighted by atomic mass is 9.43. The maximum absolute atomic E-state index is 13.4.